The molecule has 1 N–H and O–H groups in total. The van der Waals surface area contributed by atoms with Gasteiger partial charge in [-0.2, -0.15) is 0 Å². The number of carbonyl (C=O) groups excluding carboxylic acids is 2. The van der Waals surface area contributed by atoms with Gasteiger partial charge in [0, 0.05) is 35.9 Å². The summed E-state index contributed by atoms with van der Waals surface area (Å²) in [6.07, 6.45) is 3.74. The van der Waals surface area contributed by atoms with Crippen molar-refractivity contribution in [1.82, 2.24) is 5.32 Å². The van der Waals surface area contributed by atoms with Crippen LogP contribution in [0.3, 0.4) is 0 Å². The van der Waals surface area contributed by atoms with Crippen LogP contribution in [0.5, 0.6) is 11.5 Å². The number of esters is 1. The second kappa shape index (κ2) is 8.67. The van der Waals surface area contributed by atoms with Gasteiger partial charge < -0.3 is 24.3 Å². The molecule has 0 amide bonds. The van der Waals surface area contributed by atoms with Crippen molar-refractivity contribution in [2.24, 2.45) is 11.3 Å². The highest BCUT2D eigenvalue weighted by atomic mass is 16.7. The summed E-state index contributed by atoms with van der Waals surface area (Å²) in [4.78, 5) is 38.5. The molecule has 1 aromatic carbocycles. The molecule has 0 aromatic heterocycles. The van der Waals surface area contributed by atoms with Crippen LogP contribution in [0.15, 0.2) is 35.2 Å². The van der Waals surface area contributed by atoms with E-state index in [0.29, 0.717) is 23.8 Å². The molecule has 3 unspecified atom stereocenters. The van der Waals surface area contributed by atoms with Crippen LogP contribution >= 0.6 is 0 Å². The molecule has 3 heterocycles. The number of Topliss-reactive ketones (excluding diaryl/α,β-unsaturated/α-hetero) is 1. The first-order chi connectivity index (χ1) is 16.6. The van der Waals surface area contributed by atoms with Crippen molar-refractivity contribution in [3.05, 3.63) is 50.9 Å². The molecule has 35 heavy (non-hydrogen) atoms. The van der Waals surface area contributed by atoms with E-state index in [-0.39, 0.29) is 59.7 Å². The zero-order chi connectivity index (χ0) is 24.9. The molecule has 1 aromatic rings. The van der Waals surface area contributed by atoms with Gasteiger partial charge in [-0.25, -0.2) is 4.79 Å². The van der Waals surface area contributed by atoms with Crippen LogP contribution < -0.4 is 14.8 Å². The second-order valence-electron chi connectivity index (χ2n) is 10.1. The lowest BCUT2D eigenvalue weighted by Crippen LogP contribution is -2.44. The van der Waals surface area contributed by atoms with E-state index in [9.17, 15) is 19.7 Å². The first kappa shape index (κ1) is 23.3. The Morgan fingerprint density at radius 1 is 1.26 bits per heavy atom. The summed E-state index contributed by atoms with van der Waals surface area (Å²) in [5.74, 6) is -1.85. The smallest absolute Gasteiger partial charge is 0.336 e. The number of hydrogen-bond donors (Lipinski definition) is 1. The van der Waals surface area contributed by atoms with E-state index in [4.69, 9.17) is 18.9 Å². The molecule has 0 saturated carbocycles. The van der Waals surface area contributed by atoms with Gasteiger partial charge in [0.25, 0.3) is 5.69 Å². The lowest BCUT2D eigenvalue weighted by Gasteiger charge is -2.41. The molecule has 186 valence electrons. The summed E-state index contributed by atoms with van der Waals surface area (Å²) in [6.45, 7) is 6.28. The van der Waals surface area contributed by atoms with Gasteiger partial charge in [0.05, 0.1) is 28.6 Å². The number of fused-ring (bicyclic) bond motifs is 2. The Bertz CT molecular complexity index is 1160. The fourth-order valence-electron chi connectivity index (χ4n) is 5.45. The number of benzene rings is 1. The predicted molar refractivity (Wildman–Crippen MR) is 123 cm³/mol. The molecule has 1 fully saturated rings. The second-order valence-corrected chi connectivity index (χ2v) is 10.1. The third-order valence-electron chi connectivity index (χ3n) is 6.94. The molecule has 1 aliphatic carbocycles. The number of allylic oxidation sites excluding steroid dienone is 3. The van der Waals surface area contributed by atoms with Gasteiger partial charge in [0.2, 0.25) is 6.79 Å². The number of hydrogen-bond acceptors (Lipinski definition) is 9. The molecule has 0 bridgehead atoms. The molecule has 3 atom stereocenters. The van der Waals surface area contributed by atoms with Gasteiger partial charge in [-0.15, -0.1) is 0 Å². The molecular weight excluding hydrogens is 456 g/mol. The van der Waals surface area contributed by atoms with Gasteiger partial charge in [0.15, 0.2) is 11.5 Å². The maximum Gasteiger partial charge on any atom is 0.336 e. The normalized spacial score (nSPS) is 26.7. The van der Waals surface area contributed by atoms with Gasteiger partial charge in [-0.1, -0.05) is 19.9 Å². The maximum atomic E-state index is 13.5. The molecular formula is C25H28N2O8. The summed E-state index contributed by atoms with van der Waals surface area (Å²) in [7, 11) is 0. The summed E-state index contributed by atoms with van der Waals surface area (Å²) in [5, 5.41) is 15.3. The van der Waals surface area contributed by atoms with Crippen LogP contribution in [0.25, 0.3) is 0 Å². The number of ether oxygens (including phenoxy) is 4. The standard InChI is InChI=1S/C25H28N2O8/c1-13-21(24(29)33-11-14-5-4-6-32-14)22(23-16(26-13)9-25(2,3)10-18(23)28)15-7-19-20(35-12-34-19)8-17(15)27(30)31/h7-9,14,22-23,26H,4-6,10-12H2,1-3H3. The van der Waals surface area contributed by atoms with E-state index in [1.807, 2.05) is 19.9 Å². The van der Waals surface area contributed by atoms with Gasteiger partial charge in [-0.05, 0) is 31.2 Å². The zero-order valence-electron chi connectivity index (χ0n) is 19.9. The van der Waals surface area contributed by atoms with E-state index in [1.54, 1.807) is 6.92 Å². The summed E-state index contributed by atoms with van der Waals surface area (Å²) in [6, 6.07) is 2.81. The van der Waals surface area contributed by atoms with E-state index in [0.717, 1.165) is 12.8 Å². The van der Waals surface area contributed by atoms with Crippen LogP contribution in [0.1, 0.15) is 51.5 Å². The van der Waals surface area contributed by atoms with Crippen molar-refractivity contribution in [3.63, 3.8) is 0 Å². The zero-order valence-corrected chi connectivity index (χ0v) is 19.9. The Labute approximate surface area is 202 Å². The SMILES string of the molecule is CC1=C(C(=O)OCC2CCCO2)C(c2cc3c(cc2[N+](=O)[O-])OCO3)C2C(=O)CC(C)(C)C=C2N1. The van der Waals surface area contributed by atoms with E-state index >= 15 is 0 Å². The third-order valence-corrected chi connectivity index (χ3v) is 6.94. The third kappa shape index (κ3) is 4.27. The van der Waals surface area contributed by atoms with Gasteiger partial charge in [-0.3, -0.25) is 14.9 Å². The molecule has 4 aliphatic rings. The molecule has 0 radical (unpaired) electrons. The summed E-state index contributed by atoms with van der Waals surface area (Å²) >= 11 is 0. The number of nitro groups is 1. The number of ketones is 1. The molecule has 1 saturated heterocycles. The van der Waals surface area contributed by atoms with E-state index in [1.165, 1.54) is 12.1 Å². The fraction of sp³-hybridized carbons (Fsp3) is 0.520. The molecule has 10 nitrogen and oxygen atoms in total. The van der Waals surface area contributed by atoms with Crippen molar-refractivity contribution in [2.75, 3.05) is 20.0 Å². The average molecular weight is 485 g/mol. The fourth-order valence-corrected chi connectivity index (χ4v) is 5.45. The van der Waals surface area contributed by atoms with Crippen LogP contribution in [0.2, 0.25) is 0 Å². The largest absolute Gasteiger partial charge is 0.460 e. The Balaban J connectivity index is 1.63. The van der Waals surface area contributed by atoms with Crippen molar-refractivity contribution >= 4 is 17.4 Å². The molecule has 10 heteroatoms. The van der Waals surface area contributed by atoms with Crippen molar-refractivity contribution in [1.29, 1.82) is 0 Å². The highest BCUT2D eigenvalue weighted by Crippen LogP contribution is 2.51. The first-order valence-electron chi connectivity index (χ1n) is 11.7. The minimum absolute atomic E-state index is 0.0605. The maximum absolute atomic E-state index is 13.5. The molecule has 3 aliphatic heterocycles. The predicted octanol–water partition coefficient (Wildman–Crippen LogP) is 3.51. The number of nitrogens with zero attached hydrogens (tertiary/aromatic N) is 1. The number of nitro benzene ring substituents is 1. The highest BCUT2D eigenvalue weighted by Gasteiger charge is 2.48. The number of rotatable bonds is 5. The van der Waals surface area contributed by atoms with Gasteiger partial charge in [0.1, 0.15) is 12.4 Å². The van der Waals surface area contributed by atoms with Crippen LogP contribution in [-0.4, -0.2) is 42.8 Å². The van der Waals surface area contributed by atoms with Crippen LogP contribution in [0.4, 0.5) is 5.69 Å². The first-order valence-corrected chi connectivity index (χ1v) is 11.7. The Morgan fingerprint density at radius 3 is 2.69 bits per heavy atom. The molecule has 5 rings (SSSR count). The summed E-state index contributed by atoms with van der Waals surface area (Å²) < 4.78 is 22.0. The Kier molecular flexibility index (Phi) is 5.79. The van der Waals surface area contributed by atoms with Crippen molar-refractivity contribution in [3.8, 4) is 11.5 Å². The minimum Gasteiger partial charge on any atom is -0.460 e. The monoisotopic (exact) mass is 484 g/mol. The molecule has 0 spiro atoms. The topological polar surface area (TPSA) is 126 Å². The Morgan fingerprint density at radius 2 is 2.00 bits per heavy atom. The lowest BCUT2D eigenvalue weighted by molar-refractivity contribution is -0.385. The number of carbonyl (C=O) groups is 2. The average Bonchev–Trinajstić information content (AvgIpc) is 3.46. The van der Waals surface area contributed by atoms with E-state index in [2.05, 4.69) is 5.32 Å². The summed E-state index contributed by atoms with van der Waals surface area (Å²) in [5.41, 5.74) is 0.909. The quantitative estimate of drug-likeness (QED) is 0.379. The van der Waals surface area contributed by atoms with Crippen LogP contribution in [0, 0.1) is 21.4 Å². The van der Waals surface area contributed by atoms with Crippen molar-refractivity contribution < 1.29 is 33.5 Å². The van der Waals surface area contributed by atoms with E-state index < -0.39 is 22.7 Å². The minimum atomic E-state index is -0.919. The van der Waals surface area contributed by atoms with Crippen molar-refractivity contribution in [2.45, 2.75) is 52.1 Å². The Hall–Kier alpha value is -3.40. The lowest BCUT2D eigenvalue weighted by atomic mass is 9.66. The highest BCUT2D eigenvalue weighted by molar-refractivity contribution is 5.96. The number of nitrogens with one attached hydrogen (secondary N) is 1. The van der Waals surface area contributed by atoms with Gasteiger partial charge >= 0.3 is 5.97 Å². The van der Waals surface area contributed by atoms with Crippen LogP contribution in [-0.2, 0) is 19.1 Å².